The Morgan fingerprint density at radius 1 is 0.977 bits per heavy atom. The van der Waals surface area contributed by atoms with Gasteiger partial charge in [0.15, 0.2) is 11.5 Å². The van der Waals surface area contributed by atoms with Crippen molar-refractivity contribution in [2.75, 3.05) is 13.4 Å². The van der Waals surface area contributed by atoms with E-state index < -0.39 is 7.75 Å². The van der Waals surface area contributed by atoms with E-state index in [0.29, 0.717) is 54.6 Å². The number of hydrogen-bond donors (Lipinski definition) is 1. The highest BCUT2D eigenvalue weighted by Crippen LogP contribution is 2.52. The zero-order valence-electron chi connectivity index (χ0n) is 23.2. The van der Waals surface area contributed by atoms with Crippen molar-refractivity contribution in [3.05, 3.63) is 117 Å². The predicted octanol–water partition coefficient (Wildman–Crippen LogP) is 8.55. The lowest BCUT2D eigenvalue weighted by Crippen LogP contribution is -2.37. The number of thiophene rings is 1. The highest BCUT2D eigenvalue weighted by atomic mass is 79.9. The average molecular weight is 682 g/mol. The first-order valence-electron chi connectivity index (χ1n) is 13.9. The molecule has 1 N–H and O–H groups in total. The molecule has 2 aliphatic heterocycles. The molecule has 0 radical (unpaired) electrons. The van der Waals surface area contributed by atoms with Gasteiger partial charge in [-0.3, -0.25) is 0 Å². The Hall–Kier alpha value is -3.56. The highest BCUT2D eigenvalue weighted by Gasteiger charge is 2.35. The van der Waals surface area contributed by atoms with Crippen LogP contribution < -0.4 is 18.5 Å². The molecule has 8 nitrogen and oxygen atoms in total. The van der Waals surface area contributed by atoms with Crippen LogP contribution >= 0.6 is 35.0 Å². The van der Waals surface area contributed by atoms with E-state index in [1.165, 1.54) is 0 Å². The number of ether oxygens (including phenoxy) is 2. The van der Waals surface area contributed by atoms with Crippen LogP contribution in [-0.4, -0.2) is 29.2 Å². The molecule has 222 valence electrons. The number of hydrogen-bond acceptors (Lipinski definition) is 7. The third-order valence-electron chi connectivity index (χ3n) is 6.98. The minimum Gasteiger partial charge on any atom is -0.454 e. The standard InChI is InChI=1S/C32H30BrN2O6PS/c33-27-20-30-29(38-22-39-30)19-24(27)21-35-28(31-14-8-16-43-31)17-23(9-7-15-36)18-32(35)34-42(37,40-25-10-3-1-4-11-25)41-26-12-5-2-6-13-26/h1-6,8,10-14,16-17,19-20,28,36H,7,9,15,18,21-22H2/b34-32-. The number of para-hydroxylation sites is 2. The molecular weight excluding hydrogens is 651 g/mol. The number of fused-ring (bicyclic) bond motifs is 1. The van der Waals surface area contributed by atoms with Crippen LogP contribution in [0.1, 0.15) is 35.7 Å². The van der Waals surface area contributed by atoms with Gasteiger partial charge in [-0.1, -0.05) is 70.0 Å². The van der Waals surface area contributed by atoms with E-state index in [2.05, 4.69) is 33.0 Å². The molecule has 3 aromatic carbocycles. The van der Waals surface area contributed by atoms with Crippen molar-refractivity contribution in [1.82, 2.24) is 4.90 Å². The van der Waals surface area contributed by atoms with Crippen molar-refractivity contribution in [2.24, 2.45) is 4.76 Å². The first-order valence-corrected chi connectivity index (χ1v) is 17.0. The summed E-state index contributed by atoms with van der Waals surface area (Å²) >= 11 is 5.36. The summed E-state index contributed by atoms with van der Waals surface area (Å²) in [5, 5.41) is 11.6. The van der Waals surface area contributed by atoms with Gasteiger partial charge in [0.05, 0.1) is 6.04 Å². The van der Waals surface area contributed by atoms with Gasteiger partial charge in [-0.25, -0.2) is 4.57 Å². The molecule has 0 spiro atoms. The number of amidine groups is 1. The largest absolute Gasteiger partial charge is 0.564 e. The second-order valence-corrected chi connectivity index (χ2v) is 13.3. The minimum atomic E-state index is -4.14. The zero-order valence-corrected chi connectivity index (χ0v) is 26.5. The second-order valence-electron chi connectivity index (χ2n) is 10.0. The van der Waals surface area contributed by atoms with E-state index in [0.717, 1.165) is 20.5 Å². The van der Waals surface area contributed by atoms with Crippen LogP contribution in [0.15, 0.2) is 111 Å². The molecule has 0 aliphatic carbocycles. The molecule has 0 saturated heterocycles. The summed E-state index contributed by atoms with van der Waals surface area (Å²) in [4.78, 5) is 3.24. The van der Waals surface area contributed by atoms with E-state index in [9.17, 15) is 9.67 Å². The van der Waals surface area contributed by atoms with Crippen LogP contribution in [0, 0.1) is 0 Å². The van der Waals surface area contributed by atoms with Gasteiger partial charge in [0.1, 0.15) is 17.3 Å². The van der Waals surface area contributed by atoms with Crippen molar-refractivity contribution in [1.29, 1.82) is 0 Å². The Kier molecular flexibility index (Phi) is 9.19. The molecule has 2 aliphatic rings. The number of halogens is 1. The molecule has 1 aromatic heterocycles. The Morgan fingerprint density at radius 2 is 1.65 bits per heavy atom. The average Bonchev–Trinajstić information content (AvgIpc) is 3.70. The van der Waals surface area contributed by atoms with Crippen LogP contribution in [0.25, 0.3) is 0 Å². The zero-order chi connectivity index (χ0) is 29.6. The lowest BCUT2D eigenvalue weighted by Gasteiger charge is -2.37. The summed E-state index contributed by atoms with van der Waals surface area (Å²) in [5.74, 6) is 2.69. The number of aliphatic hydroxyl groups is 1. The van der Waals surface area contributed by atoms with Crippen LogP contribution in [0.2, 0.25) is 0 Å². The third-order valence-corrected chi connectivity index (χ3v) is 10.0. The third kappa shape index (κ3) is 7.16. The molecule has 11 heteroatoms. The molecule has 1 atom stereocenters. The van der Waals surface area contributed by atoms with Gasteiger partial charge in [0.2, 0.25) is 6.79 Å². The normalized spacial score (nSPS) is 17.2. The van der Waals surface area contributed by atoms with E-state index in [4.69, 9.17) is 23.3 Å². The molecule has 3 heterocycles. The second kappa shape index (κ2) is 13.4. The summed E-state index contributed by atoms with van der Waals surface area (Å²) < 4.78 is 43.6. The molecule has 43 heavy (non-hydrogen) atoms. The Bertz CT molecular complexity index is 1600. The monoisotopic (exact) mass is 680 g/mol. The van der Waals surface area contributed by atoms with Crippen LogP contribution in [0.3, 0.4) is 0 Å². The van der Waals surface area contributed by atoms with Crippen molar-refractivity contribution in [2.45, 2.75) is 31.8 Å². The molecular formula is C32H30BrN2O6PS. The molecule has 0 bridgehead atoms. The van der Waals surface area contributed by atoms with Crippen LogP contribution in [-0.2, 0) is 11.1 Å². The summed E-state index contributed by atoms with van der Waals surface area (Å²) in [7, 11) is -4.14. The number of rotatable bonds is 11. The van der Waals surface area contributed by atoms with E-state index >= 15 is 0 Å². The smallest absolute Gasteiger partial charge is 0.454 e. The molecule has 1 unspecified atom stereocenters. The predicted molar refractivity (Wildman–Crippen MR) is 171 cm³/mol. The van der Waals surface area contributed by atoms with Gasteiger partial charge < -0.3 is 28.5 Å². The van der Waals surface area contributed by atoms with Gasteiger partial charge >= 0.3 is 7.75 Å². The van der Waals surface area contributed by atoms with Crippen LogP contribution in [0.5, 0.6) is 23.0 Å². The number of benzene rings is 3. The van der Waals surface area contributed by atoms with E-state index in [1.807, 2.05) is 60.0 Å². The summed E-state index contributed by atoms with van der Waals surface area (Å²) in [6.07, 6.45) is 3.94. The van der Waals surface area contributed by atoms with Crippen molar-refractivity contribution < 1.29 is 28.2 Å². The van der Waals surface area contributed by atoms with Crippen molar-refractivity contribution in [3.8, 4) is 23.0 Å². The van der Waals surface area contributed by atoms with Crippen molar-refractivity contribution in [3.63, 3.8) is 0 Å². The quantitative estimate of drug-likeness (QED) is 0.125. The minimum absolute atomic E-state index is 0.0775. The number of aliphatic hydroxyl groups excluding tert-OH is 1. The summed E-state index contributed by atoms with van der Waals surface area (Å²) in [5.41, 5.74) is 2.05. The molecule has 0 saturated carbocycles. The number of nitrogens with zero attached hydrogens (tertiary/aromatic N) is 2. The molecule has 0 amide bonds. The SMILES string of the molecule is O=P(/N=C1/CC(CCCO)=CC(c2cccs2)N1Cc1cc2c(cc1Br)OCO2)(Oc1ccccc1)Oc1ccccc1. The van der Waals surface area contributed by atoms with Gasteiger partial charge in [0.25, 0.3) is 0 Å². The Morgan fingerprint density at radius 3 is 2.28 bits per heavy atom. The Labute approximate surface area is 262 Å². The molecule has 4 aromatic rings. The van der Waals surface area contributed by atoms with Gasteiger partial charge in [-0.15, -0.1) is 16.1 Å². The maximum Gasteiger partial charge on any atom is 0.564 e. The summed E-state index contributed by atoms with van der Waals surface area (Å²) in [6, 6.07) is 25.6. The fourth-order valence-electron chi connectivity index (χ4n) is 4.99. The van der Waals surface area contributed by atoms with E-state index in [-0.39, 0.29) is 19.4 Å². The van der Waals surface area contributed by atoms with Gasteiger partial charge in [-0.2, -0.15) is 0 Å². The Balaban J connectivity index is 1.46. The summed E-state index contributed by atoms with van der Waals surface area (Å²) in [6.45, 7) is 0.681. The van der Waals surface area contributed by atoms with Gasteiger partial charge in [0, 0.05) is 28.9 Å². The van der Waals surface area contributed by atoms with E-state index in [1.54, 1.807) is 35.6 Å². The topological polar surface area (TPSA) is 89.8 Å². The molecule has 0 fully saturated rings. The van der Waals surface area contributed by atoms with Gasteiger partial charge in [-0.05, 0) is 66.2 Å². The fourth-order valence-corrected chi connectivity index (χ4v) is 7.60. The van der Waals surface area contributed by atoms with Crippen molar-refractivity contribution >= 4 is 40.8 Å². The first-order chi connectivity index (χ1) is 21.0. The van der Waals surface area contributed by atoms with Crippen LogP contribution in [0.4, 0.5) is 0 Å². The maximum atomic E-state index is 14.6. The maximum absolute atomic E-state index is 14.6. The first kappa shape index (κ1) is 29.5. The highest BCUT2D eigenvalue weighted by molar-refractivity contribution is 9.10. The lowest BCUT2D eigenvalue weighted by atomic mass is 9.96. The fraction of sp³-hybridized carbons (Fsp3) is 0.219. The lowest BCUT2D eigenvalue weighted by molar-refractivity contribution is 0.174. The molecule has 6 rings (SSSR count).